The molecule has 0 saturated heterocycles. The first-order valence-electron chi connectivity index (χ1n) is 5.00. The summed E-state index contributed by atoms with van der Waals surface area (Å²) in [5.41, 5.74) is 2.97. The molecule has 0 radical (unpaired) electrons. The van der Waals surface area contributed by atoms with Gasteiger partial charge in [-0.15, -0.1) is 0 Å². The molecule has 0 amide bonds. The predicted octanol–water partition coefficient (Wildman–Crippen LogP) is 4.35. The molecule has 0 N–H and O–H groups in total. The molecule has 15 heavy (non-hydrogen) atoms. The van der Waals surface area contributed by atoms with Gasteiger partial charge in [-0.25, -0.2) is 0 Å². The fraction of sp³-hybridized carbons (Fsp3) is 0.417. The molecular formula is C12H15BrOS. The minimum absolute atomic E-state index is 0.188. The van der Waals surface area contributed by atoms with E-state index in [4.69, 9.17) is 0 Å². The highest BCUT2D eigenvalue weighted by Crippen LogP contribution is 2.26. The van der Waals surface area contributed by atoms with Crippen molar-refractivity contribution in [3.63, 3.8) is 0 Å². The molecule has 3 heteroatoms. The molecule has 1 nitrogen and oxygen atoms in total. The Bertz CT molecular complexity index is 374. The van der Waals surface area contributed by atoms with Gasteiger partial charge in [-0.1, -0.05) is 40.7 Å². The molecule has 1 aromatic carbocycles. The van der Waals surface area contributed by atoms with Gasteiger partial charge in [0.25, 0.3) is 0 Å². The van der Waals surface area contributed by atoms with E-state index >= 15 is 0 Å². The quantitative estimate of drug-likeness (QED) is 0.822. The maximum absolute atomic E-state index is 11.9. The van der Waals surface area contributed by atoms with Gasteiger partial charge in [-0.2, -0.15) is 0 Å². The van der Waals surface area contributed by atoms with Gasteiger partial charge in [-0.05, 0) is 37.5 Å². The van der Waals surface area contributed by atoms with E-state index in [-0.39, 0.29) is 5.12 Å². The summed E-state index contributed by atoms with van der Waals surface area (Å²) in [7, 11) is 0. The van der Waals surface area contributed by atoms with Crippen LogP contribution in [-0.4, -0.2) is 10.9 Å². The summed E-state index contributed by atoms with van der Waals surface area (Å²) in [5.74, 6) is 0.893. The summed E-state index contributed by atoms with van der Waals surface area (Å²) >= 11 is 4.86. The van der Waals surface area contributed by atoms with Crippen LogP contribution < -0.4 is 0 Å². The zero-order valence-corrected chi connectivity index (χ0v) is 11.7. The van der Waals surface area contributed by atoms with Crippen molar-refractivity contribution in [3.05, 3.63) is 33.3 Å². The molecule has 1 rings (SSSR count). The molecule has 0 unspecified atom stereocenters. The molecule has 0 atom stereocenters. The Morgan fingerprint density at radius 1 is 1.40 bits per heavy atom. The van der Waals surface area contributed by atoms with Crippen molar-refractivity contribution in [2.45, 2.75) is 27.2 Å². The number of halogens is 1. The third-order valence-electron chi connectivity index (χ3n) is 2.25. The topological polar surface area (TPSA) is 17.1 Å². The number of aryl methyl sites for hydroxylation is 1. The first kappa shape index (κ1) is 12.8. The minimum atomic E-state index is 0.188. The second-order valence-corrected chi connectivity index (χ2v) is 5.42. The van der Waals surface area contributed by atoms with Crippen LogP contribution in [0, 0.1) is 13.8 Å². The lowest BCUT2D eigenvalue weighted by atomic mass is 10.0. The molecule has 0 spiro atoms. The molecule has 0 aliphatic heterocycles. The molecule has 0 bridgehead atoms. The summed E-state index contributed by atoms with van der Waals surface area (Å²) in [5, 5.41) is 0.188. The number of hydrogen-bond acceptors (Lipinski definition) is 2. The smallest absolute Gasteiger partial charge is 0.219 e. The lowest BCUT2D eigenvalue weighted by Gasteiger charge is -2.09. The van der Waals surface area contributed by atoms with E-state index in [0.717, 1.165) is 33.3 Å². The number of carbonyl (C=O) groups excluding carboxylic acids is 1. The average Bonchev–Trinajstić information content (AvgIpc) is 2.21. The van der Waals surface area contributed by atoms with Crippen LogP contribution in [0.5, 0.6) is 0 Å². The van der Waals surface area contributed by atoms with E-state index in [2.05, 4.69) is 22.9 Å². The van der Waals surface area contributed by atoms with Crippen LogP contribution in [0.2, 0.25) is 0 Å². The highest BCUT2D eigenvalue weighted by Gasteiger charge is 2.13. The predicted molar refractivity (Wildman–Crippen MR) is 70.7 cm³/mol. The first-order valence-corrected chi connectivity index (χ1v) is 6.78. The maximum Gasteiger partial charge on any atom is 0.219 e. The Balaban J connectivity index is 3.02. The van der Waals surface area contributed by atoms with Crippen molar-refractivity contribution < 1.29 is 4.79 Å². The highest BCUT2D eigenvalue weighted by molar-refractivity contribution is 9.10. The van der Waals surface area contributed by atoms with Crippen LogP contribution in [-0.2, 0) is 0 Å². The van der Waals surface area contributed by atoms with Crippen molar-refractivity contribution in [1.29, 1.82) is 0 Å². The van der Waals surface area contributed by atoms with Gasteiger partial charge >= 0.3 is 0 Å². The maximum atomic E-state index is 11.9. The van der Waals surface area contributed by atoms with E-state index < -0.39 is 0 Å². The SMILES string of the molecule is CCCSC(=O)c1c(C)ccc(Br)c1C. The third kappa shape index (κ3) is 3.08. The Labute approximate surface area is 104 Å². The van der Waals surface area contributed by atoms with Crippen LogP contribution in [0.15, 0.2) is 16.6 Å². The molecule has 1 aromatic rings. The van der Waals surface area contributed by atoms with Crippen LogP contribution >= 0.6 is 27.7 Å². The van der Waals surface area contributed by atoms with Gasteiger partial charge in [0.2, 0.25) is 5.12 Å². The zero-order valence-electron chi connectivity index (χ0n) is 9.26. The number of hydrogen-bond donors (Lipinski definition) is 0. The first-order chi connectivity index (χ1) is 7.07. The largest absolute Gasteiger partial charge is 0.282 e. The molecule has 0 aromatic heterocycles. The Kier molecular flexibility index (Phi) is 4.87. The van der Waals surface area contributed by atoms with Gasteiger partial charge in [-0.3, -0.25) is 4.79 Å². The highest BCUT2D eigenvalue weighted by atomic mass is 79.9. The number of carbonyl (C=O) groups is 1. The molecule has 0 heterocycles. The Morgan fingerprint density at radius 3 is 2.67 bits per heavy atom. The number of thioether (sulfide) groups is 1. The average molecular weight is 287 g/mol. The van der Waals surface area contributed by atoms with Crippen molar-refractivity contribution in [2.24, 2.45) is 0 Å². The summed E-state index contributed by atoms with van der Waals surface area (Å²) in [6.07, 6.45) is 1.03. The second-order valence-electron chi connectivity index (χ2n) is 3.50. The normalized spacial score (nSPS) is 10.4. The molecule has 0 fully saturated rings. The second kappa shape index (κ2) is 5.71. The van der Waals surface area contributed by atoms with E-state index in [9.17, 15) is 4.79 Å². The summed E-state index contributed by atoms with van der Waals surface area (Å²) < 4.78 is 1.01. The van der Waals surface area contributed by atoms with Crippen LogP contribution in [0.25, 0.3) is 0 Å². The van der Waals surface area contributed by atoms with Crippen molar-refractivity contribution >= 4 is 32.8 Å². The standard InChI is InChI=1S/C12H15BrOS/c1-4-7-15-12(14)11-8(2)5-6-10(13)9(11)3/h5-6H,4,7H2,1-3H3. The van der Waals surface area contributed by atoms with Crippen LogP contribution in [0.3, 0.4) is 0 Å². The zero-order chi connectivity index (χ0) is 11.4. The monoisotopic (exact) mass is 286 g/mol. The lowest BCUT2D eigenvalue weighted by molar-refractivity contribution is 0.108. The van der Waals surface area contributed by atoms with Crippen LogP contribution in [0.1, 0.15) is 34.8 Å². The molecule has 82 valence electrons. The third-order valence-corrected chi connectivity index (χ3v) is 4.19. The minimum Gasteiger partial charge on any atom is -0.282 e. The summed E-state index contributed by atoms with van der Waals surface area (Å²) in [6, 6.07) is 3.97. The number of benzene rings is 1. The van der Waals surface area contributed by atoms with E-state index in [0.29, 0.717) is 0 Å². The lowest BCUT2D eigenvalue weighted by Crippen LogP contribution is -2.02. The summed E-state index contributed by atoms with van der Waals surface area (Å²) in [6.45, 7) is 6.05. The van der Waals surface area contributed by atoms with Gasteiger partial charge < -0.3 is 0 Å². The number of rotatable bonds is 3. The van der Waals surface area contributed by atoms with Crippen molar-refractivity contribution in [3.8, 4) is 0 Å². The van der Waals surface area contributed by atoms with E-state index in [1.165, 1.54) is 11.8 Å². The Hall–Kier alpha value is -0.280. The fourth-order valence-corrected chi connectivity index (χ4v) is 2.58. The van der Waals surface area contributed by atoms with Gasteiger partial charge in [0.05, 0.1) is 0 Å². The van der Waals surface area contributed by atoms with Crippen LogP contribution in [0.4, 0.5) is 0 Å². The molecule has 0 saturated carbocycles. The summed E-state index contributed by atoms with van der Waals surface area (Å²) in [4.78, 5) is 11.9. The fourth-order valence-electron chi connectivity index (χ4n) is 1.40. The van der Waals surface area contributed by atoms with Crippen molar-refractivity contribution in [1.82, 2.24) is 0 Å². The van der Waals surface area contributed by atoms with E-state index in [1.807, 2.05) is 26.0 Å². The van der Waals surface area contributed by atoms with Gasteiger partial charge in [0, 0.05) is 15.8 Å². The van der Waals surface area contributed by atoms with Gasteiger partial charge in [0.1, 0.15) is 0 Å². The van der Waals surface area contributed by atoms with E-state index in [1.54, 1.807) is 0 Å². The molecule has 0 aliphatic carbocycles. The van der Waals surface area contributed by atoms with Gasteiger partial charge in [0.15, 0.2) is 0 Å². The molecule has 0 aliphatic rings. The molecular weight excluding hydrogens is 272 g/mol. The Morgan fingerprint density at radius 2 is 2.07 bits per heavy atom. The van der Waals surface area contributed by atoms with Crippen molar-refractivity contribution in [2.75, 3.05) is 5.75 Å².